The summed E-state index contributed by atoms with van der Waals surface area (Å²) in [5.74, 6) is -0.426. The molecule has 1 N–H and O–H groups in total. The van der Waals surface area contributed by atoms with Crippen LogP contribution in [0.5, 0.6) is 0 Å². The van der Waals surface area contributed by atoms with Crippen LogP contribution in [-0.4, -0.2) is 25.5 Å². The molecule has 0 aromatic carbocycles. The van der Waals surface area contributed by atoms with Crippen LogP contribution in [0.2, 0.25) is 0 Å². The van der Waals surface area contributed by atoms with Gasteiger partial charge >= 0.3 is 5.97 Å². The number of nitrogens with one attached hydrogen (secondary N) is 1. The molecule has 0 aromatic heterocycles. The zero-order valence-corrected chi connectivity index (χ0v) is 8.26. The maximum atomic E-state index is 10.9. The second-order valence-electron chi connectivity index (χ2n) is 2.75. The second kappa shape index (κ2) is 7.58. The average Bonchev–Trinajstić information content (AvgIpc) is 2.14. The van der Waals surface area contributed by atoms with Crippen molar-refractivity contribution in [2.75, 3.05) is 13.7 Å². The van der Waals surface area contributed by atoms with E-state index in [1.807, 2.05) is 6.92 Å². The van der Waals surface area contributed by atoms with Crippen molar-refractivity contribution < 1.29 is 14.3 Å². The van der Waals surface area contributed by atoms with Gasteiger partial charge in [-0.25, -0.2) is 0 Å². The summed E-state index contributed by atoms with van der Waals surface area (Å²) < 4.78 is 4.86. The van der Waals surface area contributed by atoms with Crippen LogP contribution in [0.15, 0.2) is 0 Å². The molecule has 0 radical (unpaired) electrons. The Balaban J connectivity index is 3.35. The zero-order valence-electron chi connectivity index (χ0n) is 8.26. The summed E-state index contributed by atoms with van der Waals surface area (Å²) in [6.45, 7) is 2.49. The number of carbonyl (C=O) groups excluding carboxylic acids is 2. The molecule has 4 heteroatoms. The first kappa shape index (κ1) is 11.9. The van der Waals surface area contributed by atoms with Crippen molar-refractivity contribution in [3.05, 3.63) is 0 Å². The fraction of sp³-hybridized carbons (Fsp3) is 0.778. The Morgan fingerprint density at radius 3 is 2.54 bits per heavy atom. The number of esters is 1. The highest BCUT2D eigenvalue weighted by Crippen LogP contribution is 1.95. The number of amides is 1. The third kappa shape index (κ3) is 7.31. The third-order valence-electron chi connectivity index (χ3n) is 1.60. The summed E-state index contributed by atoms with van der Waals surface area (Å²) in [6.07, 6.45) is 2.26. The maximum Gasteiger partial charge on any atom is 0.306 e. The van der Waals surface area contributed by atoms with Gasteiger partial charge in [0.25, 0.3) is 0 Å². The van der Waals surface area contributed by atoms with Crippen molar-refractivity contribution >= 4 is 11.9 Å². The number of rotatable bonds is 6. The Morgan fingerprint density at radius 2 is 2.00 bits per heavy atom. The molecule has 0 unspecified atom stereocenters. The van der Waals surface area contributed by atoms with E-state index in [-0.39, 0.29) is 24.7 Å². The molecule has 0 saturated heterocycles. The fourth-order valence-corrected chi connectivity index (χ4v) is 0.743. The summed E-state index contributed by atoms with van der Waals surface area (Å²) in [4.78, 5) is 21.7. The summed E-state index contributed by atoms with van der Waals surface area (Å²) in [5, 5.41) is 2.44. The van der Waals surface area contributed by atoms with Crippen molar-refractivity contribution in [1.29, 1.82) is 0 Å². The number of carbonyl (C=O) groups is 2. The average molecular weight is 187 g/mol. The lowest BCUT2D eigenvalue weighted by Crippen LogP contribution is -2.19. The molecular weight excluding hydrogens is 170 g/mol. The molecule has 0 fully saturated rings. The van der Waals surface area contributed by atoms with Crippen LogP contribution in [0.4, 0.5) is 0 Å². The van der Waals surface area contributed by atoms with Gasteiger partial charge in [-0.3, -0.25) is 9.59 Å². The van der Waals surface area contributed by atoms with Crippen molar-refractivity contribution in [3.63, 3.8) is 0 Å². The highest BCUT2D eigenvalue weighted by molar-refractivity contribution is 5.80. The highest BCUT2D eigenvalue weighted by Gasteiger charge is 2.05. The van der Waals surface area contributed by atoms with Crippen LogP contribution in [0, 0.1) is 0 Å². The maximum absolute atomic E-state index is 10.9. The van der Waals surface area contributed by atoms with Gasteiger partial charge in [0.1, 0.15) is 0 Å². The molecule has 0 aliphatic heterocycles. The van der Waals surface area contributed by atoms with Gasteiger partial charge in [0.2, 0.25) is 5.91 Å². The predicted molar refractivity (Wildman–Crippen MR) is 49.2 cm³/mol. The largest absolute Gasteiger partial charge is 0.466 e. The molecule has 0 saturated carbocycles. The van der Waals surface area contributed by atoms with E-state index in [0.29, 0.717) is 6.61 Å². The fourth-order valence-electron chi connectivity index (χ4n) is 0.743. The van der Waals surface area contributed by atoms with Crippen LogP contribution in [0.1, 0.15) is 32.6 Å². The minimum absolute atomic E-state index is 0.132. The minimum atomic E-state index is -0.294. The van der Waals surface area contributed by atoms with Crippen molar-refractivity contribution in [1.82, 2.24) is 5.32 Å². The van der Waals surface area contributed by atoms with E-state index in [2.05, 4.69) is 5.32 Å². The van der Waals surface area contributed by atoms with Crippen LogP contribution >= 0.6 is 0 Å². The number of hydrogen-bond donors (Lipinski definition) is 1. The molecule has 76 valence electrons. The van der Waals surface area contributed by atoms with Gasteiger partial charge in [-0.05, 0) is 6.42 Å². The van der Waals surface area contributed by atoms with E-state index in [1.54, 1.807) is 7.05 Å². The van der Waals surface area contributed by atoms with Crippen LogP contribution in [0.25, 0.3) is 0 Å². The molecular formula is C9H17NO3. The minimum Gasteiger partial charge on any atom is -0.466 e. The van der Waals surface area contributed by atoms with E-state index in [9.17, 15) is 9.59 Å². The van der Waals surface area contributed by atoms with Crippen LogP contribution < -0.4 is 5.32 Å². The van der Waals surface area contributed by atoms with Gasteiger partial charge < -0.3 is 10.1 Å². The van der Waals surface area contributed by atoms with Crippen LogP contribution in [0.3, 0.4) is 0 Å². The molecule has 0 rings (SSSR count). The molecule has 4 nitrogen and oxygen atoms in total. The molecule has 0 aromatic rings. The Labute approximate surface area is 78.6 Å². The van der Waals surface area contributed by atoms with Gasteiger partial charge in [0, 0.05) is 13.5 Å². The monoisotopic (exact) mass is 187 g/mol. The van der Waals surface area contributed by atoms with Gasteiger partial charge in [-0.2, -0.15) is 0 Å². The summed E-state index contributed by atoms with van der Waals surface area (Å²) in [5.41, 5.74) is 0. The van der Waals surface area contributed by atoms with Gasteiger partial charge in [0.15, 0.2) is 0 Å². The van der Waals surface area contributed by atoms with Gasteiger partial charge in [-0.15, -0.1) is 0 Å². The Kier molecular flexibility index (Phi) is 6.96. The smallest absolute Gasteiger partial charge is 0.306 e. The van der Waals surface area contributed by atoms with E-state index < -0.39 is 0 Å². The first-order valence-electron chi connectivity index (χ1n) is 4.57. The molecule has 0 heterocycles. The lowest BCUT2D eigenvalue weighted by atomic mass is 10.3. The topological polar surface area (TPSA) is 55.4 Å². The normalized spacial score (nSPS) is 9.38. The van der Waals surface area contributed by atoms with Gasteiger partial charge in [0.05, 0.1) is 13.0 Å². The summed E-state index contributed by atoms with van der Waals surface area (Å²) in [7, 11) is 1.55. The first-order chi connectivity index (χ1) is 6.20. The highest BCUT2D eigenvalue weighted by atomic mass is 16.5. The quantitative estimate of drug-likeness (QED) is 0.495. The molecule has 13 heavy (non-hydrogen) atoms. The SMILES string of the molecule is CCCCOC(=O)CCC(=O)NC. The molecule has 0 atom stereocenters. The Morgan fingerprint density at radius 1 is 1.31 bits per heavy atom. The molecule has 0 aliphatic carbocycles. The summed E-state index contributed by atoms with van der Waals surface area (Å²) in [6, 6.07) is 0. The molecule has 0 aliphatic rings. The Hall–Kier alpha value is -1.06. The predicted octanol–water partition coefficient (Wildman–Crippen LogP) is 0.856. The van der Waals surface area contributed by atoms with Crippen molar-refractivity contribution in [2.45, 2.75) is 32.6 Å². The Bertz CT molecular complexity index is 168. The zero-order chi connectivity index (χ0) is 10.1. The number of unbranched alkanes of at least 4 members (excludes halogenated alkanes) is 1. The number of ether oxygens (including phenoxy) is 1. The second-order valence-corrected chi connectivity index (χ2v) is 2.75. The van der Waals surface area contributed by atoms with E-state index in [4.69, 9.17) is 4.74 Å². The van der Waals surface area contributed by atoms with E-state index in [0.717, 1.165) is 12.8 Å². The third-order valence-corrected chi connectivity index (χ3v) is 1.60. The molecule has 0 spiro atoms. The summed E-state index contributed by atoms with van der Waals surface area (Å²) >= 11 is 0. The van der Waals surface area contributed by atoms with Crippen molar-refractivity contribution in [2.24, 2.45) is 0 Å². The number of hydrogen-bond acceptors (Lipinski definition) is 3. The van der Waals surface area contributed by atoms with E-state index in [1.165, 1.54) is 0 Å². The van der Waals surface area contributed by atoms with Gasteiger partial charge in [-0.1, -0.05) is 13.3 Å². The van der Waals surface area contributed by atoms with Crippen LogP contribution in [-0.2, 0) is 14.3 Å². The van der Waals surface area contributed by atoms with Crippen molar-refractivity contribution in [3.8, 4) is 0 Å². The standard InChI is InChI=1S/C9H17NO3/c1-3-4-7-13-9(12)6-5-8(11)10-2/h3-7H2,1-2H3,(H,10,11). The van der Waals surface area contributed by atoms with E-state index >= 15 is 0 Å². The molecule has 1 amide bonds. The first-order valence-corrected chi connectivity index (χ1v) is 4.57. The lowest BCUT2D eigenvalue weighted by molar-refractivity contribution is -0.145. The lowest BCUT2D eigenvalue weighted by Gasteiger charge is -2.02. The molecule has 0 bridgehead atoms.